The van der Waals surface area contributed by atoms with Gasteiger partial charge < -0.3 is 0 Å². The molecule has 0 aliphatic heterocycles. The summed E-state index contributed by atoms with van der Waals surface area (Å²) in [6.45, 7) is 2.22. The summed E-state index contributed by atoms with van der Waals surface area (Å²) in [5.74, 6) is 1.49. The molecule has 0 spiro atoms. The van der Waals surface area contributed by atoms with Crippen LogP contribution in [0.5, 0.6) is 0 Å². The minimum atomic E-state index is 0.125. The maximum atomic E-state index is 3.19. The molecule has 0 saturated carbocycles. The molecule has 0 bridgehead atoms. The first kappa shape index (κ1) is 13.7. The zero-order valence-electron chi connectivity index (χ0n) is 8.63. The second kappa shape index (κ2) is 7.83. The summed E-state index contributed by atoms with van der Waals surface area (Å²) in [4.78, 5) is 0. The van der Waals surface area contributed by atoms with E-state index in [2.05, 4.69) is 69.7 Å². The Morgan fingerprint density at radius 3 is 2.47 bits per heavy atom. The van der Waals surface area contributed by atoms with Crippen molar-refractivity contribution in [2.45, 2.75) is 19.8 Å². The molecule has 79 valence electrons. The van der Waals surface area contributed by atoms with Gasteiger partial charge in [-0.05, 0) is 17.5 Å². The van der Waals surface area contributed by atoms with Crippen molar-refractivity contribution >= 4 is 32.4 Å². The Hall–Kier alpha value is 0.634. The third-order valence-electron chi connectivity index (χ3n) is 2.29. The van der Waals surface area contributed by atoms with Crippen LogP contribution in [0, 0.1) is 5.92 Å². The number of fused-ring (bicyclic) bond motifs is 1. The number of allylic oxidation sites excluding steroid dienone is 1. The summed E-state index contributed by atoms with van der Waals surface area (Å²) in [6, 6.07) is 8.59. The molecular formula is C12H13Br2Ti. The van der Waals surface area contributed by atoms with Gasteiger partial charge in [0.1, 0.15) is 0 Å². The molecule has 1 aliphatic carbocycles. The SMILES string of the molecule is CCC[C]1C=Cc2ccccc21.[Br][Ti][Br]. The van der Waals surface area contributed by atoms with E-state index in [1.807, 2.05) is 0 Å². The molecular weight excluding hydrogens is 352 g/mol. The Labute approximate surface area is 114 Å². The Kier molecular flexibility index (Phi) is 7.15. The van der Waals surface area contributed by atoms with Crippen molar-refractivity contribution < 1.29 is 15.0 Å². The van der Waals surface area contributed by atoms with Crippen LogP contribution in [0.1, 0.15) is 30.9 Å². The topological polar surface area (TPSA) is 0 Å². The van der Waals surface area contributed by atoms with E-state index in [4.69, 9.17) is 0 Å². The summed E-state index contributed by atoms with van der Waals surface area (Å²) < 4.78 is 0. The first-order chi connectivity index (χ1) is 7.33. The summed E-state index contributed by atoms with van der Waals surface area (Å²) >= 11 is 6.50. The van der Waals surface area contributed by atoms with Gasteiger partial charge >= 0.3 is 41.3 Å². The molecule has 0 heterocycles. The van der Waals surface area contributed by atoms with Crippen molar-refractivity contribution in [1.29, 1.82) is 0 Å². The molecule has 15 heavy (non-hydrogen) atoms. The van der Waals surface area contributed by atoms with E-state index in [0.29, 0.717) is 0 Å². The molecule has 0 unspecified atom stereocenters. The van der Waals surface area contributed by atoms with Gasteiger partial charge in [-0.2, -0.15) is 0 Å². The summed E-state index contributed by atoms with van der Waals surface area (Å²) in [7, 11) is 0. The van der Waals surface area contributed by atoms with Gasteiger partial charge in [-0.15, -0.1) is 0 Å². The number of halogens is 2. The fourth-order valence-electron chi connectivity index (χ4n) is 1.70. The van der Waals surface area contributed by atoms with Crippen molar-refractivity contribution in [2.75, 3.05) is 0 Å². The normalized spacial score (nSPS) is 13.0. The first-order valence-electron chi connectivity index (χ1n) is 4.93. The zero-order chi connectivity index (χ0) is 11.1. The van der Waals surface area contributed by atoms with E-state index >= 15 is 0 Å². The standard InChI is InChI=1S/C12H13.2BrH.Ti/c1-2-5-10-8-9-11-6-3-4-7-12(10)11;;;/h3-4,6-9H,2,5H2,1H3;2*1H;/q;;;+2/p-2. The number of hydrogen-bond donors (Lipinski definition) is 0. The second-order valence-corrected chi connectivity index (χ2v) is 11.1. The minimum absolute atomic E-state index is 0.125. The quantitative estimate of drug-likeness (QED) is 0.638. The van der Waals surface area contributed by atoms with E-state index in [9.17, 15) is 0 Å². The molecule has 2 rings (SSSR count). The zero-order valence-corrected chi connectivity index (χ0v) is 13.4. The van der Waals surface area contributed by atoms with Crippen molar-refractivity contribution in [3.05, 3.63) is 47.4 Å². The van der Waals surface area contributed by atoms with Gasteiger partial charge in [0.05, 0.1) is 0 Å². The third-order valence-corrected chi connectivity index (χ3v) is 2.29. The van der Waals surface area contributed by atoms with Crippen LogP contribution in [0.4, 0.5) is 0 Å². The van der Waals surface area contributed by atoms with Crippen LogP contribution < -0.4 is 0 Å². The van der Waals surface area contributed by atoms with Gasteiger partial charge in [0.15, 0.2) is 0 Å². The van der Waals surface area contributed by atoms with Crippen LogP contribution in [-0.2, 0) is 15.0 Å². The maximum absolute atomic E-state index is 3.19. The van der Waals surface area contributed by atoms with E-state index in [0.717, 1.165) is 0 Å². The summed E-state index contributed by atoms with van der Waals surface area (Å²) in [5.41, 5.74) is 2.81. The van der Waals surface area contributed by atoms with Crippen LogP contribution in [0.2, 0.25) is 0 Å². The van der Waals surface area contributed by atoms with Gasteiger partial charge in [-0.25, -0.2) is 0 Å². The predicted octanol–water partition coefficient (Wildman–Crippen LogP) is 5.12. The first-order valence-corrected chi connectivity index (χ1v) is 12.6. The number of hydrogen-bond acceptors (Lipinski definition) is 0. The average molecular weight is 365 g/mol. The predicted molar refractivity (Wildman–Crippen MR) is 70.6 cm³/mol. The Bertz CT molecular complexity index is 323. The van der Waals surface area contributed by atoms with Crippen LogP contribution in [0.15, 0.2) is 30.3 Å². The summed E-state index contributed by atoms with van der Waals surface area (Å²) in [5, 5.41) is 0. The fourth-order valence-corrected chi connectivity index (χ4v) is 1.70. The van der Waals surface area contributed by atoms with Crippen molar-refractivity contribution in [3.63, 3.8) is 0 Å². The average Bonchev–Trinajstić information content (AvgIpc) is 2.64. The molecule has 1 aliphatic rings. The van der Waals surface area contributed by atoms with Crippen molar-refractivity contribution in [2.24, 2.45) is 0 Å². The van der Waals surface area contributed by atoms with Gasteiger partial charge in [0.2, 0.25) is 0 Å². The molecule has 1 aromatic carbocycles. The van der Waals surface area contributed by atoms with E-state index in [1.54, 1.807) is 0 Å². The van der Waals surface area contributed by atoms with Gasteiger partial charge in [0, 0.05) is 5.92 Å². The molecule has 0 aromatic heterocycles. The van der Waals surface area contributed by atoms with E-state index in [1.165, 1.54) is 29.9 Å². The van der Waals surface area contributed by atoms with Crippen LogP contribution in [-0.4, -0.2) is 0 Å². The van der Waals surface area contributed by atoms with E-state index in [-0.39, 0.29) is 15.0 Å². The molecule has 0 fully saturated rings. The summed E-state index contributed by atoms with van der Waals surface area (Å²) in [6.07, 6.45) is 6.88. The monoisotopic (exact) mass is 363 g/mol. The molecule has 1 aromatic rings. The van der Waals surface area contributed by atoms with Crippen LogP contribution in [0.3, 0.4) is 0 Å². The fraction of sp³-hybridized carbons (Fsp3) is 0.250. The Morgan fingerprint density at radius 2 is 1.80 bits per heavy atom. The van der Waals surface area contributed by atoms with E-state index < -0.39 is 0 Å². The van der Waals surface area contributed by atoms with Crippen molar-refractivity contribution in [1.82, 2.24) is 0 Å². The number of benzene rings is 1. The second-order valence-electron chi connectivity index (χ2n) is 3.27. The number of rotatable bonds is 2. The molecule has 0 amide bonds. The Balaban J connectivity index is 0.000000337. The van der Waals surface area contributed by atoms with Crippen molar-refractivity contribution in [3.8, 4) is 0 Å². The molecule has 0 atom stereocenters. The third kappa shape index (κ3) is 4.18. The Morgan fingerprint density at radius 1 is 1.13 bits per heavy atom. The molecule has 0 saturated heterocycles. The van der Waals surface area contributed by atoms with Gasteiger partial charge in [0.25, 0.3) is 0 Å². The molecule has 1 radical (unpaired) electrons. The van der Waals surface area contributed by atoms with Gasteiger partial charge in [-0.3, -0.25) is 0 Å². The van der Waals surface area contributed by atoms with Gasteiger partial charge in [-0.1, -0.05) is 49.8 Å². The van der Waals surface area contributed by atoms with Crippen LogP contribution in [0.25, 0.3) is 6.08 Å². The van der Waals surface area contributed by atoms with Crippen LogP contribution >= 0.6 is 26.3 Å². The molecule has 0 N–H and O–H groups in total. The molecule has 0 nitrogen and oxygen atoms in total. The molecule has 3 heteroatoms.